The summed E-state index contributed by atoms with van der Waals surface area (Å²) in [6, 6.07) is 0. The zero-order valence-corrected chi connectivity index (χ0v) is 20.7. The van der Waals surface area contributed by atoms with Gasteiger partial charge in [0, 0.05) is 6.54 Å². The van der Waals surface area contributed by atoms with Gasteiger partial charge in [-0.2, -0.15) is 0 Å². The Morgan fingerprint density at radius 1 is 0.562 bits per heavy atom. The van der Waals surface area contributed by atoms with Crippen molar-refractivity contribution in [2.45, 2.75) is 59.2 Å². The smallest absolute Gasteiger partial charge is 0.407 e. The van der Waals surface area contributed by atoms with Gasteiger partial charge in [0.2, 0.25) is 0 Å². The lowest BCUT2D eigenvalue weighted by atomic mass is 10.2. The summed E-state index contributed by atoms with van der Waals surface area (Å²) < 4.78 is 37.2. The maximum atomic E-state index is 11.5. The maximum Gasteiger partial charge on any atom is 0.407 e. The minimum Gasteiger partial charge on any atom is -0.460 e. The summed E-state index contributed by atoms with van der Waals surface area (Å²) in [5.41, 5.74) is -0.979. The molecule has 190 valence electrons. The van der Waals surface area contributed by atoms with Gasteiger partial charge in [-0.3, -0.25) is 4.79 Å². The Kier molecular flexibility index (Phi) is 17.2. The van der Waals surface area contributed by atoms with Gasteiger partial charge >= 0.3 is 12.1 Å². The van der Waals surface area contributed by atoms with Gasteiger partial charge < -0.3 is 38.5 Å². The Morgan fingerprint density at radius 2 is 0.938 bits per heavy atom. The number of hydrogen-bond acceptors (Lipinski definition) is 9. The van der Waals surface area contributed by atoms with E-state index in [4.69, 9.17) is 33.2 Å². The minimum atomic E-state index is -0.508. The van der Waals surface area contributed by atoms with E-state index >= 15 is 0 Å². The molecule has 0 aliphatic carbocycles. The van der Waals surface area contributed by atoms with Crippen LogP contribution in [0.1, 0.15) is 48.0 Å². The number of amides is 1. The van der Waals surface area contributed by atoms with E-state index in [0.717, 1.165) is 0 Å². The second-order valence-electron chi connectivity index (χ2n) is 8.83. The number of esters is 1. The van der Waals surface area contributed by atoms with Crippen LogP contribution in [0.15, 0.2) is 0 Å². The quantitative estimate of drug-likeness (QED) is 0.241. The lowest BCUT2D eigenvalue weighted by molar-refractivity contribution is -0.156. The molecule has 0 aromatic rings. The summed E-state index contributed by atoms with van der Waals surface area (Å²) in [6.07, 6.45) is -0.224. The Hall–Kier alpha value is -1.46. The third-order valence-electron chi connectivity index (χ3n) is 3.27. The number of carbonyl (C=O) groups is 2. The van der Waals surface area contributed by atoms with Gasteiger partial charge in [-0.15, -0.1) is 0 Å². The molecule has 0 aliphatic heterocycles. The zero-order valence-electron chi connectivity index (χ0n) is 20.7. The molecule has 1 amide bonds. The standard InChI is InChI=1S/C22H43NO9/c1-21(2,3)31-19(24)7-9-26-11-13-28-15-17-30-18-16-29-14-12-27-10-8-23-20(25)32-22(4,5)6/h7-18H2,1-6H3,(H,23,25). The number of hydrogen-bond donors (Lipinski definition) is 1. The second-order valence-corrected chi connectivity index (χ2v) is 8.83. The molecule has 0 aromatic heterocycles. The number of ether oxygens (including phenoxy) is 7. The zero-order chi connectivity index (χ0) is 24.3. The van der Waals surface area contributed by atoms with E-state index in [-0.39, 0.29) is 12.4 Å². The molecule has 0 heterocycles. The fourth-order valence-corrected chi connectivity index (χ4v) is 2.07. The van der Waals surface area contributed by atoms with E-state index in [1.54, 1.807) is 0 Å². The number of rotatable bonds is 18. The molecule has 0 unspecified atom stereocenters. The van der Waals surface area contributed by atoms with Crippen molar-refractivity contribution in [3.63, 3.8) is 0 Å². The van der Waals surface area contributed by atoms with Gasteiger partial charge in [0.1, 0.15) is 11.2 Å². The van der Waals surface area contributed by atoms with Gasteiger partial charge in [0.25, 0.3) is 0 Å². The average molecular weight is 466 g/mol. The van der Waals surface area contributed by atoms with Crippen LogP contribution in [-0.2, 0) is 38.0 Å². The molecule has 0 saturated heterocycles. The van der Waals surface area contributed by atoms with Crippen molar-refractivity contribution >= 4 is 12.1 Å². The normalized spacial score (nSPS) is 11.9. The van der Waals surface area contributed by atoms with Crippen LogP contribution in [0.4, 0.5) is 4.79 Å². The van der Waals surface area contributed by atoms with Crippen molar-refractivity contribution in [3.05, 3.63) is 0 Å². The van der Waals surface area contributed by atoms with E-state index in [2.05, 4.69) is 5.32 Å². The third kappa shape index (κ3) is 24.8. The Morgan fingerprint density at radius 3 is 1.34 bits per heavy atom. The van der Waals surface area contributed by atoms with Gasteiger partial charge in [-0.25, -0.2) is 4.79 Å². The van der Waals surface area contributed by atoms with Crippen LogP contribution in [0.5, 0.6) is 0 Å². The molecule has 0 saturated carbocycles. The van der Waals surface area contributed by atoms with Crippen LogP contribution in [-0.4, -0.2) is 95.9 Å². The van der Waals surface area contributed by atoms with Gasteiger partial charge in [-0.05, 0) is 41.5 Å². The highest BCUT2D eigenvalue weighted by molar-refractivity contribution is 5.69. The predicted octanol–water partition coefficient (Wildman–Crippen LogP) is 2.33. The van der Waals surface area contributed by atoms with Crippen LogP contribution in [0.3, 0.4) is 0 Å². The Balaban J connectivity index is 3.23. The fraction of sp³-hybridized carbons (Fsp3) is 0.909. The molecule has 10 nitrogen and oxygen atoms in total. The average Bonchev–Trinajstić information content (AvgIpc) is 2.64. The predicted molar refractivity (Wildman–Crippen MR) is 119 cm³/mol. The van der Waals surface area contributed by atoms with Crippen LogP contribution in [0.25, 0.3) is 0 Å². The molecule has 0 atom stereocenters. The SMILES string of the molecule is CC(C)(C)OC(=O)CCOCCOCCOCCOCCOCCNC(=O)OC(C)(C)C. The van der Waals surface area contributed by atoms with Gasteiger partial charge in [0.05, 0.1) is 72.5 Å². The third-order valence-corrected chi connectivity index (χ3v) is 3.27. The highest BCUT2D eigenvalue weighted by Gasteiger charge is 2.16. The van der Waals surface area contributed by atoms with Crippen molar-refractivity contribution in [2.24, 2.45) is 0 Å². The number of alkyl carbamates (subject to hydrolysis) is 1. The molecular weight excluding hydrogens is 422 g/mol. The maximum absolute atomic E-state index is 11.5. The molecule has 0 radical (unpaired) electrons. The monoisotopic (exact) mass is 465 g/mol. The molecule has 0 aliphatic rings. The molecule has 0 fully saturated rings. The minimum absolute atomic E-state index is 0.231. The lowest BCUT2D eigenvalue weighted by Gasteiger charge is -2.19. The van der Waals surface area contributed by atoms with Crippen LogP contribution >= 0.6 is 0 Å². The topological polar surface area (TPSA) is 111 Å². The summed E-state index contributed by atoms with van der Waals surface area (Å²) in [4.78, 5) is 22.9. The van der Waals surface area contributed by atoms with Crippen molar-refractivity contribution in [3.8, 4) is 0 Å². The molecule has 10 heteroatoms. The number of carbonyl (C=O) groups excluding carboxylic acids is 2. The van der Waals surface area contributed by atoms with E-state index < -0.39 is 17.3 Å². The summed E-state index contributed by atoms with van der Waals surface area (Å²) in [6.45, 7) is 15.6. The number of nitrogens with one attached hydrogen (secondary N) is 1. The lowest BCUT2D eigenvalue weighted by Crippen LogP contribution is -2.34. The van der Waals surface area contributed by atoms with Gasteiger partial charge in [-0.1, -0.05) is 0 Å². The Labute approximate surface area is 192 Å². The Bertz CT molecular complexity index is 443. The van der Waals surface area contributed by atoms with Crippen LogP contribution in [0, 0.1) is 0 Å². The van der Waals surface area contributed by atoms with E-state index in [0.29, 0.717) is 72.6 Å². The van der Waals surface area contributed by atoms with Gasteiger partial charge in [0.15, 0.2) is 0 Å². The first-order valence-corrected chi connectivity index (χ1v) is 11.1. The summed E-state index contributed by atoms with van der Waals surface area (Å²) >= 11 is 0. The first-order chi connectivity index (χ1) is 15.0. The summed E-state index contributed by atoms with van der Waals surface area (Å²) in [5, 5.41) is 2.62. The van der Waals surface area contributed by atoms with Crippen molar-refractivity contribution < 1.29 is 42.7 Å². The first-order valence-electron chi connectivity index (χ1n) is 11.1. The van der Waals surface area contributed by atoms with E-state index in [1.807, 2.05) is 41.5 Å². The molecule has 1 N–H and O–H groups in total. The summed E-state index contributed by atoms with van der Waals surface area (Å²) in [5.74, 6) is -0.268. The van der Waals surface area contributed by atoms with Crippen molar-refractivity contribution in [2.75, 3.05) is 72.6 Å². The van der Waals surface area contributed by atoms with E-state index in [9.17, 15) is 9.59 Å². The highest BCUT2D eigenvalue weighted by Crippen LogP contribution is 2.08. The molecule has 0 bridgehead atoms. The first kappa shape index (κ1) is 30.5. The fourth-order valence-electron chi connectivity index (χ4n) is 2.07. The van der Waals surface area contributed by atoms with Crippen molar-refractivity contribution in [1.29, 1.82) is 0 Å². The van der Waals surface area contributed by atoms with Crippen LogP contribution in [0.2, 0.25) is 0 Å². The molecule has 0 spiro atoms. The molecule has 32 heavy (non-hydrogen) atoms. The largest absolute Gasteiger partial charge is 0.460 e. The highest BCUT2D eigenvalue weighted by atomic mass is 16.6. The second kappa shape index (κ2) is 18.0. The van der Waals surface area contributed by atoms with Crippen molar-refractivity contribution in [1.82, 2.24) is 5.32 Å². The molecular formula is C22H43NO9. The van der Waals surface area contributed by atoms with E-state index in [1.165, 1.54) is 0 Å². The molecule has 0 rings (SSSR count). The van der Waals surface area contributed by atoms with Crippen LogP contribution < -0.4 is 5.32 Å². The molecule has 0 aromatic carbocycles. The summed E-state index contributed by atoms with van der Waals surface area (Å²) in [7, 11) is 0.